The average Bonchev–Trinajstić information content (AvgIpc) is 2.14. The van der Waals surface area contributed by atoms with Crippen LogP contribution in [0, 0.1) is 11.3 Å². The predicted molar refractivity (Wildman–Crippen MR) is 49.6 cm³/mol. The highest BCUT2D eigenvalue weighted by atomic mass is 19.1. The lowest BCUT2D eigenvalue weighted by Gasteiger charge is -1.98. The zero-order chi connectivity index (χ0) is 10.3. The Bertz CT molecular complexity index is 284. The summed E-state index contributed by atoms with van der Waals surface area (Å²) in [5, 5.41) is 8.48. The predicted octanol–water partition coefficient (Wildman–Crippen LogP) is 2.51. The van der Waals surface area contributed by atoms with Crippen molar-refractivity contribution >= 4 is 0 Å². The SMILES string of the molecule is C=C/C(C#N)=C\C(F)=C(/C)COC. The second-order valence-electron chi connectivity index (χ2n) is 2.48. The maximum absolute atomic E-state index is 13.1. The molecule has 0 aliphatic rings. The van der Waals surface area contributed by atoms with Crippen molar-refractivity contribution in [2.24, 2.45) is 0 Å². The van der Waals surface area contributed by atoms with Gasteiger partial charge in [-0.05, 0) is 18.6 Å². The van der Waals surface area contributed by atoms with Crippen LogP contribution < -0.4 is 0 Å². The van der Waals surface area contributed by atoms with Crippen molar-refractivity contribution in [2.45, 2.75) is 6.92 Å². The van der Waals surface area contributed by atoms with Gasteiger partial charge in [-0.2, -0.15) is 5.26 Å². The Labute approximate surface area is 77.6 Å². The fourth-order valence-electron chi connectivity index (χ4n) is 0.682. The van der Waals surface area contributed by atoms with Gasteiger partial charge in [0.25, 0.3) is 0 Å². The van der Waals surface area contributed by atoms with Gasteiger partial charge in [0.05, 0.1) is 18.2 Å². The van der Waals surface area contributed by atoms with E-state index in [0.717, 1.165) is 6.08 Å². The van der Waals surface area contributed by atoms with Gasteiger partial charge in [0.1, 0.15) is 5.83 Å². The summed E-state index contributed by atoms with van der Waals surface area (Å²) in [5.74, 6) is -0.446. The standard InChI is InChI=1S/C10H12FNO/c1-4-9(6-12)5-10(11)8(2)7-13-3/h4-5H,1,7H2,2-3H3/b9-5+,10-8-. The van der Waals surface area contributed by atoms with E-state index in [1.807, 2.05) is 6.07 Å². The highest BCUT2D eigenvalue weighted by Crippen LogP contribution is 2.10. The number of rotatable bonds is 4. The molecule has 0 saturated heterocycles. The molecule has 0 radical (unpaired) electrons. The molecule has 0 rings (SSSR count). The van der Waals surface area contributed by atoms with Gasteiger partial charge in [-0.25, -0.2) is 4.39 Å². The number of nitrogens with zero attached hydrogens (tertiary/aromatic N) is 1. The lowest BCUT2D eigenvalue weighted by Crippen LogP contribution is -1.92. The zero-order valence-corrected chi connectivity index (χ0v) is 7.80. The summed E-state index contributed by atoms with van der Waals surface area (Å²) in [6, 6.07) is 1.81. The summed E-state index contributed by atoms with van der Waals surface area (Å²) in [5.41, 5.74) is 0.657. The molecule has 0 saturated carbocycles. The first-order chi connectivity index (χ1) is 6.15. The first-order valence-electron chi connectivity index (χ1n) is 3.74. The van der Waals surface area contributed by atoms with Gasteiger partial charge in [0, 0.05) is 7.11 Å². The van der Waals surface area contributed by atoms with E-state index in [1.54, 1.807) is 6.92 Å². The first-order valence-corrected chi connectivity index (χ1v) is 3.74. The molecule has 0 heterocycles. The van der Waals surface area contributed by atoms with Crippen molar-refractivity contribution in [3.05, 3.63) is 35.7 Å². The summed E-state index contributed by atoms with van der Waals surface area (Å²) in [6.07, 6.45) is 2.45. The fraction of sp³-hybridized carbons (Fsp3) is 0.300. The number of halogens is 1. The molecule has 0 aromatic heterocycles. The lowest BCUT2D eigenvalue weighted by atomic mass is 10.2. The fourth-order valence-corrected chi connectivity index (χ4v) is 0.682. The van der Waals surface area contributed by atoms with Gasteiger partial charge in [0.15, 0.2) is 0 Å². The summed E-state index contributed by atoms with van der Waals surface area (Å²) in [4.78, 5) is 0. The molecule has 0 bridgehead atoms. The van der Waals surface area contributed by atoms with E-state index in [2.05, 4.69) is 6.58 Å². The van der Waals surface area contributed by atoms with E-state index in [1.165, 1.54) is 13.2 Å². The smallest absolute Gasteiger partial charge is 0.125 e. The highest BCUT2D eigenvalue weighted by Gasteiger charge is 1.99. The quantitative estimate of drug-likeness (QED) is 0.493. The van der Waals surface area contributed by atoms with Crippen molar-refractivity contribution in [3.8, 4) is 6.07 Å². The third kappa shape index (κ3) is 4.24. The van der Waals surface area contributed by atoms with Crippen LogP contribution in [0.4, 0.5) is 4.39 Å². The topological polar surface area (TPSA) is 33.0 Å². The van der Waals surface area contributed by atoms with Crippen LogP contribution in [0.1, 0.15) is 6.92 Å². The van der Waals surface area contributed by atoms with Crippen molar-refractivity contribution in [1.29, 1.82) is 5.26 Å². The molecular weight excluding hydrogens is 169 g/mol. The van der Waals surface area contributed by atoms with Crippen LogP contribution >= 0.6 is 0 Å². The number of allylic oxidation sites excluding steroid dienone is 4. The Morgan fingerprint density at radius 3 is 2.69 bits per heavy atom. The summed E-state index contributed by atoms with van der Waals surface area (Å²) in [6.45, 7) is 5.20. The molecule has 2 nitrogen and oxygen atoms in total. The molecular formula is C10H12FNO. The van der Waals surface area contributed by atoms with Crippen molar-refractivity contribution in [2.75, 3.05) is 13.7 Å². The van der Waals surface area contributed by atoms with E-state index in [-0.39, 0.29) is 12.2 Å². The third-order valence-corrected chi connectivity index (χ3v) is 1.40. The Morgan fingerprint density at radius 1 is 1.69 bits per heavy atom. The van der Waals surface area contributed by atoms with Crippen LogP contribution in [-0.2, 0) is 4.74 Å². The Morgan fingerprint density at radius 2 is 2.31 bits per heavy atom. The maximum atomic E-state index is 13.1. The van der Waals surface area contributed by atoms with Gasteiger partial charge in [0.2, 0.25) is 0 Å². The van der Waals surface area contributed by atoms with Crippen LogP contribution in [0.15, 0.2) is 35.7 Å². The molecule has 0 atom stereocenters. The Hall–Kier alpha value is -1.40. The summed E-state index contributed by atoms with van der Waals surface area (Å²) < 4.78 is 17.9. The zero-order valence-electron chi connectivity index (χ0n) is 7.80. The molecule has 0 fully saturated rings. The number of hydrogen-bond acceptors (Lipinski definition) is 2. The van der Waals surface area contributed by atoms with Gasteiger partial charge < -0.3 is 4.74 Å². The highest BCUT2D eigenvalue weighted by molar-refractivity contribution is 5.37. The minimum Gasteiger partial charge on any atom is -0.380 e. The van der Waals surface area contributed by atoms with Crippen LogP contribution in [0.25, 0.3) is 0 Å². The van der Waals surface area contributed by atoms with Crippen LogP contribution in [-0.4, -0.2) is 13.7 Å². The molecule has 3 heteroatoms. The molecule has 13 heavy (non-hydrogen) atoms. The van der Waals surface area contributed by atoms with Crippen molar-refractivity contribution < 1.29 is 9.13 Å². The molecule has 0 aliphatic heterocycles. The van der Waals surface area contributed by atoms with Gasteiger partial charge in [-0.15, -0.1) is 0 Å². The van der Waals surface area contributed by atoms with E-state index in [9.17, 15) is 4.39 Å². The van der Waals surface area contributed by atoms with Gasteiger partial charge >= 0.3 is 0 Å². The largest absolute Gasteiger partial charge is 0.380 e. The number of nitriles is 1. The average molecular weight is 181 g/mol. The Balaban J connectivity index is 4.69. The van der Waals surface area contributed by atoms with Crippen LogP contribution in [0.2, 0.25) is 0 Å². The molecule has 0 unspecified atom stereocenters. The molecule has 0 amide bonds. The van der Waals surface area contributed by atoms with E-state index < -0.39 is 5.83 Å². The molecule has 70 valence electrons. The molecule has 0 spiro atoms. The molecule has 0 aliphatic carbocycles. The van der Waals surface area contributed by atoms with E-state index in [0.29, 0.717) is 5.57 Å². The normalized spacial score (nSPS) is 13.2. The van der Waals surface area contributed by atoms with E-state index >= 15 is 0 Å². The summed E-state index contributed by atoms with van der Waals surface area (Å²) in [7, 11) is 1.49. The number of ether oxygens (including phenoxy) is 1. The number of methoxy groups -OCH3 is 1. The van der Waals surface area contributed by atoms with Gasteiger partial charge in [-0.3, -0.25) is 0 Å². The molecule has 0 aromatic carbocycles. The second kappa shape index (κ2) is 6.15. The summed E-state index contributed by atoms with van der Waals surface area (Å²) >= 11 is 0. The van der Waals surface area contributed by atoms with Crippen molar-refractivity contribution in [3.63, 3.8) is 0 Å². The van der Waals surface area contributed by atoms with Crippen LogP contribution in [0.3, 0.4) is 0 Å². The molecule has 0 aromatic rings. The van der Waals surface area contributed by atoms with Gasteiger partial charge in [-0.1, -0.05) is 12.7 Å². The third-order valence-electron chi connectivity index (χ3n) is 1.40. The lowest BCUT2D eigenvalue weighted by molar-refractivity contribution is 0.223. The molecule has 0 N–H and O–H groups in total. The maximum Gasteiger partial charge on any atom is 0.125 e. The van der Waals surface area contributed by atoms with E-state index in [4.69, 9.17) is 10.00 Å². The number of hydrogen-bond donors (Lipinski definition) is 0. The second-order valence-corrected chi connectivity index (χ2v) is 2.48. The van der Waals surface area contributed by atoms with Crippen molar-refractivity contribution in [1.82, 2.24) is 0 Å². The Kier molecular flexibility index (Phi) is 5.49. The minimum atomic E-state index is -0.446. The first kappa shape index (κ1) is 11.6. The monoisotopic (exact) mass is 181 g/mol. The minimum absolute atomic E-state index is 0.202. The van der Waals surface area contributed by atoms with Crippen LogP contribution in [0.5, 0.6) is 0 Å².